The maximum atomic E-state index is 6.19. The summed E-state index contributed by atoms with van der Waals surface area (Å²) in [4.78, 5) is 28.4. The lowest BCUT2D eigenvalue weighted by molar-refractivity contribution is 0.00578. The van der Waals surface area contributed by atoms with E-state index in [9.17, 15) is 0 Å². The number of halogens is 1. The third-order valence-corrected chi connectivity index (χ3v) is 15.5. The number of aromatic nitrogens is 6. The Morgan fingerprint density at radius 2 is 0.487 bits per heavy atom. The smallest absolute Gasteiger partial charge is 0.405 e. The Kier molecular flexibility index (Phi) is 15.5. The van der Waals surface area contributed by atoms with Crippen LogP contribution < -0.4 is 5.46 Å². The van der Waals surface area contributed by atoms with E-state index >= 15 is 0 Å². The van der Waals surface area contributed by atoms with Gasteiger partial charge in [0.05, 0.1) is 33.6 Å². The van der Waals surface area contributed by atoms with Crippen LogP contribution in [-0.2, 0) is 27.9 Å². The monoisotopic (exact) mass is 1080 g/mol. The Bertz CT molecular complexity index is 3050. The fourth-order valence-corrected chi connectivity index (χ4v) is 8.51. The van der Waals surface area contributed by atoms with E-state index in [2.05, 4.69) is 48.6 Å². The highest BCUT2D eigenvalue weighted by atomic mass is 79.9. The van der Waals surface area contributed by atoms with Gasteiger partial charge in [-0.15, -0.1) is 0 Å². The van der Waals surface area contributed by atoms with Crippen LogP contribution in [0.2, 0.25) is 0 Å². The minimum absolute atomic E-state index is 0.360. The van der Waals surface area contributed by atoms with Crippen LogP contribution in [-0.4, -0.2) is 84.6 Å². The van der Waals surface area contributed by atoms with Gasteiger partial charge >= 0.3 is 21.1 Å². The van der Waals surface area contributed by atoms with Crippen molar-refractivity contribution < 1.29 is 27.9 Å². The first kappa shape index (κ1) is 54.6. The SMILES string of the molecule is Brc1ccc(-c2nc(-c3ccccc3)nc(-c3ccccc3)n2)cc1.CC1(C)OB(B2OC(C)(C)C(C)(C)O2)OC1(C)C.CC1(C)OB(c2ccc(-c3nc(-c4ccccc4)nc(-c4ccccc4)n3)cc2)OC1(C)C. The van der Waals surface area contributed by atoms with Gasteiger partial charge in [0, 0.05) is 37.9 Å². The molecule has 16 heteroatoms. The molecular weight excluding hydrogens is 1010 g/mol. The lowest BCUT2D eigenvalue weighted by Gasteiger charge is -2.32. The number of rotatable bonds is 8. The molecule has 0 aliphatic carbocycles. The molecule has 76 heavy (non-hydrogen) atoms. The summed E-state index contributed by atoms with van der Waals surface area (Å²) in [5.41, 5.74) is 4.50. The van der Waals surface area contributed by atoms with Crippen molar-refractivity contribution in [2.75, 3.05) is 0 Å². The third kappa shape index (κ3) is 12.0. The lowest BCUT2D eigenvalue weighted by Crippen LogP contribution is -2.41. The van der Waals surface area contributed by atoms with E-state index in [0.29, 0.717) is 34.9 Å². The van der Waals surface area contributed by atoms with Crippen molar-refractivity contribution in [2.24, 2.45) is 0 Å². The van der Waals surface area contributed by atoms with Crippen LogP contribution >= 0.6 is 15.9 Å². The predicted octanol–water partition coefficient (Wildman–Crippen LogP) is 13.1. The van der Waals surface area contributed by atoms with E-state index in [1.54, 1.807) is 0 Å². The van der Waals surface area contributed by atoms with E-state index in [-0.39, 0.29) is 33.6 Å². The normalized spacial score (nSPS) is 18.3. The van der Waals surface area contributed by atoms with Crippen LogP contribution in [0.15, 0.2) is 174 Å². The first-order chi connectivity index (χ1) is 36.0. The molecule has 0 bridgehead atoms. The maximum absolute atomic E-state index is 6.19. The van der Waals surface area contributed by atoms with Crippen molar-refractivity contribution in [1.82, 2.24) is 29.9 Å². The molecule has 3 saturated heterocycles. The quantitative estimate of drug-likeness (QED) is 0.134. The molecule has 0 amide bonds. The van der Waals surface area contributed by atoms with E-state index < -0.39 is 21.1 Å². The predicted molar refractivity (Wildman–Crippen MR) is 308 cm³/mol. The van der Waals surface area contributed by atoms with Crippen LogP contribution in [0.25, 0.3) is 68.3 Å². The summed E-state index contributed by atoms with van der Waals surface area (Å²) in [5.74, 6) is 3.94. The summed E-state index contributed by atoms with van der Waals surface area (Å²) in [6, 6.07) is 56.0. The van der Waals surface area contributed by atoms with Crippen LogP contribution in [0.5, 0.6) is 0 Å². The van der Waals surface area contributed by atoms with Crippen molar-refractivity contribution in [3.63, 3.8) is 0 Å². The Morgan fingerprint density at radius 1 is 0.276 bits per heavy atom. The summed E-state index contributed by atoms with van der Waals surface area (Å²) in [6.45, 7) is 24.4. The van der Waals surface area contributed by atoms with Gasteiger partial charge in [-0.25, -0.2) is 29.9 Å². The standard InChI is InChI=1S/C27H26BN3O2.C21H14BrN3.C12H24B2O4/c1-26(2)27(3,4)33-28(32-26)22-17-15-21(16-18-22)25-30-23(19-11-7-5-8-12-19)29-24(31-25)20-13-9-6-10-14-20;22-18-13-11-17(12-14-18)21-24-19(15-7-3-1-4-8-15)23-20(25-21)16-9-5-2-6-10-16;1-9(2)10(3,4)16-13(15-9)14-17-11(5,6)12(7,8)18-14/h5-18H,1-4H3;1-14H;1-8H3. The topological polar surface area (TPSA) is 133 Å². The molecule has 0 radical (unpaired) electrons. The van der Waals surface area contributed by atoms with Gasteiger partial charge in [0.2, 0.25) is 0 Å². The van der Waals surface area contributed by atoms with Crippen molar-refractivity contribution in [1.29, 1.82) is 0 Å². The molecule has 3 aliphatic heterocycles. The van der Waals surface area contributed by atoms with Gasteiger partial charge < -0.3 is 27.9 Å². The third-order valence-electron chi connectivity index (χ3n) is 15.0. The highest BCUT2D eigenvalue weighted by Crippen LogP contribution is 2.43. The number of nitrogens with zero attached hydrogens (tertiary/aromatic N) is 6. The van der Waals surface area contributed by atoms with E-state index in [1.807, 2.05) is 225 Å². The molecule has 0 atom stereocenters. The molecule has 0 spiro atoms. The minimum Gasteiger partial charge on any atom is -0.405 e. The first-order valence-corrected chi connectivity index (χ1v) is 26.5. The molecule has 386 valence electrons. The number of hydrogen-bond donors (Lipinski definition) is 0. The van der Waals surface area contributed by atoms with Crippen LogP contribution in [0, 0.1) is 0 Å². The lowest BCUT2D eigenvalue weighted by atomic mass is 9.49. The van der Waals surface area contributed by atoms with Gasteiger partial charge in [-0.2, -0.15) is 0 Å². The molecule has 8 aromatic rings. The highest BCUT2D eigenvalue weighted by Gasteiger charge is 2.63. The van der Waals surface area contributed by atoms with Crippen molar-refractivity contribution in [3.05, 3.63) is 174 Å². The summed E-state index contributed by atoms with van der Waals surface area (Å²) in [5, 5.41) is 0. The minimum atomic E-state index is -0.476. The summed E-state index contributed by atoms with van der Waals surface area (Å²) in [7, 11) is -1.35. The molecule has 5 heterocycles. The second-order valence-electron chi connectivity index (χ2n) is 22.0. The van der Waals surface area contributed by atoms with Gasteiger partial charge in [-0.05, 0) is 101 Å². The van der Waals surface area contributed by atoms with Gasteiger partial charge in [0.25, 0.3) is 0 Å². The van der Waals surface area contributed by atoms with E-state index in [0.717, 1.165) is 43.3 Å². The molecule has 3 aliphatic rings. The van der Waals surface area contributed by atoms with E-state index in [1.165, 1.54) is 0 Å². The average Bonchev–Trinajstić information content (AvgIpc) is 3.90. The second kappa shape index (κ2) is 21.7. The Balaban J connectivity index is 0.000000146. The fraction of sp³-hybridized carbons (Fsp3) is 0.300. The zero-order chi connectivity index (χ0) is 54.1. The Hall–Kier alpha value is -6.23. The van der Waals surface area contributed by atoms with Crippen LogP contribution in [0.1, 0.15) is 83.1 Å². The molecular formula is C60H64B3BrN6O6. The zero-order valence-corrected chi connectivity index (χ0v) is 47.0. The molecule has 12 nitrogen and oxygen atoms in total. The molecule has 11 rings (SSSR count). The Labute approximate surface area is 457 Å². The summed E-state index contributed by atoms with van der Waals surface area (Å²) in [6.07, 6.45) is 0. The van der Waals surface area contributed by atoms with Gasteiger partial charge in [-0.1, -0.05) is 174 Å². The van der Waals surface area contributed by atoms with Crippen molar-refractivity contribution >= 4 is 42.5 Å². The molecule has 6 aromatic carbocycles. The largest absolute Gasteiger partial charge is 0.494 e. The molecule has 0 unspecified atom stereocenters. The zero-order valence-electron chi connectivity index (χ0n) is 45.4. The van der Waals surface area contributed by atoms with Gasteiger partial charge in [-0.3, -0.25) is 0 Å². The van der Waals surface area contributed by atoms with E-state index in [4.69, 9.17) is 52.8 Å². The van der Waals surface area contributed by atoms with Crippen molar-refractivity contribution in [3.8, 4) is 68.3 Å². The summed E-state index contributed by atoms with van der Waals surface area (Å²) < 4.78 is 37.2. The van der Waals surface area contributed by atoms with Crippen LogP contribution in [0.4, 0.5) is 0 Å². The van der Waals surface area contributed by atoms with Gasteiger partial charge in [0.15, 0.2) is 34.9 Å². The molecule has 3 fully saturated rings. The van der Waals surface area contributed by atoms with Crippen molar-refractivity contribution in [2.45, 2.75) is 117 Å². The second-order valence-corrected chi connectivity index (χ2v) is 23.0. The molecule has 0 N–H and O–H groups in total. The number of hydrogen-bond acceptors (Lipinski definition) is 12. The fourth-order valence-electron chi connectivity index (χ4n) is 8.24. The average molecular weight is 1080 g/mol. The van der Waals surface area contributed by atoms with Crippen LogP contribution in [0.3, 0.4) is 0 Å². The maximum Gasteiger partial charge on any atom is 0.494 e. The van der Waals surface area contributed by atoms with Gasteiger partial charge in [0.1, 0.15) is 0 Å². The Morgan fingerprint density at radius 3 is 0.737 bits per heavy atom. The molecule has 2 aromatic heterocycles. The molecule has 0 saturated carbocycles. The first-order valence-electron chi connectivity index (χ1n) is 25.7. The number of benzene rings is 6. The summed E-state index contributed by atoms with van der Waals surface area (Å²) >= 11 is 3.47. The highest BCUT2D eigenvalue weighted by molar-refractivity contribution is 9.10.